The number of cyclic esters (lactones) is 1. The highest BCUT2D eigenvalue weighted by Gasteiger charge is 2.46. The number of carbonyl (C=O) groups is 3. The van der Waals surface area contributed by atoms with Gasteiger partial charge in [0.1, 0.15) is 5.82 Å². The van der Waals surface area contributed by atoms with Gasteiger partial charge in [-0.2, -0.15) is 0 Å². The van der Waals surface area contributed by atoms with E-state index in [0.29, 0.717) is 11.3 Å². The first-order chi connectivity index (χ1) is 19.5. The third kappa shape index (κ3) is 6.53. The lowest BCUT2D eigenvalue weighted by molar-refractivity contribution is -0.126. The summed E-state index contributed by atoms with van der Waals surface area (Å²) in [5, 5.41) is 5.74. The van der Waals surface area contributed by atoms with Gasteiger partial charge in [0, 0.05) is 12.2 Å². The molecule has 3 amide bonds. The van der Waals surface area contributed by atoms with Crippen LogP contribution in [0.5, 0.6) is 0 Å². The first-order valence-corrected chi connectivity index (χ1v) is 12.9. The molecule has 0 spiro atoms. The lowest BCUT2D eigenvalue weighted by Crippen LogP contribution is -2.46. The Morgan fingerprint density at radius 3 is 2.05 bits per heavy atom. The van der Waals surface area contributed by atoms with Gasteiger partial charge in [0.15, 0.2) is 12.1 Å². The van der Waals surface area contributed by atoms with Crippen molar-refractivity contribution >= 4 is 23.6 Å². The van der Waals surface area contributed by atoms with Crippen molar-refractivity contribution < 1.29 is 23.5 Å². The Hall–Kier alpha value is -4.98. The van der Waals surface area contributed by atoms with Crippen LogP contribution in [-0.2, 0) is 33.8 Å². The summed E-state index contributed by atoms with van der Waals surface area (Å²) in [4.78, 5) is 40.4. The number of halogens is 1. The van der Waals surface area contributed by atoms with E-state index in [2.05, 4.69) is 10.6 Å². The van der Waals surface area contributed by atoms with Gasteiger partial charge in [0.25, 0.3) is 0 Å². The Labute approximate surface area is 231 Å². The second-order valence-corrected chi connectivity index (χ2v) is 9.54. The summed E-state index contributed by atoms with van der Waals surface area (Å²) in [6.45, 7) is 0.362. The summed E-state index contributed by atoms with van der Waals surface area (Å²) in [6, 6.07) is 30.6. The van der Waals surface area contributed by atoms with Crippen molar-refractivity contribution in [3.05, 3.63) is 137 Å². The highest BCUT2D eigenvalue weighted by atomic mass is 19.1. The molecule has 8 heteroatoms. The van der Waals surface area contributed by atoms with E-state index >= 15 is 0 Å². The molecule has 2 atom stereocenters. The van der Waals surface area contributed by atoms with Crippen LogP contribution in [0, 0.1) is 5.82 Å². The largest absolute Gasteiger partial charge is 0.438 e. The average molecular weight is 538 g/mol. The number of amides is 3. The Kier molecular flexibility index (Phi) is 8.15. The third-order valence-corrected chi connectivity index (χ3v) is 6.66. The van der Waals surface area contributed by atoms with E-state index in [1.54, 1.807) is 36.4 Å². The van der Waals surface area contributed by atoms with Gasteiger partial charge in [-0.3, -0.25) is 14.5 Å². The van der Waals surface area contributed by atoms with E-state index in [1.807, 2.05) is 60.7 Å². The zero-order valence-corrected chi connectivity index (χ0v) is 21.6. The van der Waals surface area contributed by atoms with E-state index < -0.39 is 24.1 Å². The molecule has 1 heterocycles. The predicted molar refractivity (Wildman–Crippen MR) is 148 cm³/mol. The number of nitrogens with one attached hydrogen (secondary N) is 2. The van der Waals surface area contributed by atoms with Crippen LogP contribution in [0.15, 0.2) is 109 Å². The van der Waals surface area contributed by atoms with Crippen LogP contribution >= 0.6 is 0 Å². The standard InChI is InChI=1S/C32H28FN3O4/c33-26-15-11-23(12-16-26)20-34-31(38)29-30(40-32(39)36(29)21-24-9-5-2-6-10-24)25-13-17-27(18-14-25)35-28(37)19-22-7-3-1-4-8-22/h1-18,29-30H,19-21H2,(H,34,38)(H,35,37)/t29-,30-/m1/s1. The molecule has 4 aromatic rings. The molecule has 202 valence electrons. The third-order valence-electron chi connectivity index (χ3n) is 6.66. The Balaban J connectivity index is 1.32. The zero-order chi connectivity index (χ0) is 27.9. The van der Waals surface area contributed by atoms with Crippen molar-refractivity contribution in [2.45, 2.75) is 31.7 Å². The molecule has 1 aliphatic rings. The summed E-state index contributed by atoms with van der Waals surface area (Å²) < 4.78 is 19.0. The molecule has 4 aromatic carbocycles. The number of anilines is 1. The van der Waals surface area contributed by atoms with Crippen LogP contribution < -0.4 is 10.6 Å². The van der Waals surface area contributed by atoms with Crippen LogP contribution in [0.1, 0.15) is 28.4 Å². The first kappa shape index (κ1) is 26.6. The SMILES string of the molecule is O=C(Cc1ccccc1)Nc1ccc([C@H]2OC(=O)N(Cc3ccccc3)[C@H]2C(=O)NCc2ccc(F)cc2)cc1. The van der Waals surface area contributed by atoms with Crippen LogP contribution in [0.25, 0.3) is 0 Å². The van der Waals surface area contributed by atoms with Gasteiger partial charge >= 0.3 is 6.09 Å². The molecule has 1 fully saturated rings. The molecule has 40 heavy (non-hydrogen) atoms. The van der Waals surface area contributed by atoms with Crippen molar-refractivity contribution in [2.75, 3.05) is 5.32 Å². The van der Waals surface area contributed by atoms with E-state index in [9.17, 15) is 18.8 Å². The summed E-state index contributed by atoms with van der Waals surface area (Å²) in [5.74, 6) is -0.909. The Morgan fingerprint density at radius 1 is 0.775 bits per heavy atom. The molecule has 0 saturated carbocycles. The molecule has 7 nitrogen and oxygen atoms in total. The number of ether oxygens (including phenoxy) is 1. The summed E-state index contributed by atoms with van der Waals surface area (Å²) in [6.07, 6.45) is -1.22. The van der Waals surface area contributed by atoms with Crippen LogP contribution in [-0.4, -0.2) is 28.8 Å². The smallest absolute Gasteiger partial charge is 0.411 e. The van der Waals surface area contributed by atoms with E-state index in [0.717, 1.165) is 16.7 Å². The van der Waals surface area contributed by atoms with E-state index in [4.69, 9.17) is 4.74 Å². The highest BCUT2D eigenvalue weighted by molar-refractivity contribution is 5.92. The molecule has 1 saturated heterocycles. The second kappa shape index (κ2) is 12.3. The molecule has 2 N–H and O–H groups in total. The maximum absolute atomic E-state index is 13.5. The van der Waals surface area contributed by atoms with Crippen molar-refractivity contribution in [3.8, 4) is 0 Å². The molecule has 0 bridgehead atoms. The van der Waals surface area contributed by atoms with Crippen molar-refractivity contribution in [3.63, 3.8) is 0 Å². The molecule has 5 rings (SSSR count). The minimum atomic E-state index is -0.938. The highest BCUT2D eigenvalue weighted by Crippen LogP contribution is 2.34. The fraction of sp³-hybridized carbons (Fsp3) is 0.156. The van der Waals surface area contributed by atoms with Crippen LogP contribution in [0.2, 0.25) is 0 Å². The van der Waals surface area contributed by atoms with Crippen molar-refractivity contribution in [1.29, 1.82) is 0 Å². The lowest BCUT2D eigenvalue weighted by atomic mass is 10.00. The van der Waals surface area contributed by atoms with Crippen molar-refractivity contribution in [1.82, 2.24) is 10.2 Å². The topological polar surface area (TPSA) is 87.7 Å². The van der Waals surface area contributed by atoms with Gasteiger partial charge < -0.3 is 15.4 Å². The summed E-state index contributed by atoms with van der Waals surface area (Å²) >= 11 is 0. The Morgan fingerprint density at radius 2 is 1.40 bits per heavy atom. The zero-order valence-electron chi connectivity index (χ0n) is 21.6. The summed E-state index contributed by atoms with van der Waals surface area (Å²) in [5.41, 5.74) is 3.69. The fourth-order valence-corrected chi connectivity index (χ4v) is 4.63. The maximum Gasteiger partial charge on any atom is 0.411 e. The molecule has 0 aliphatic carbocycles. The quantitative estimate of drug-likeness (QED) is 0.300. The molecular formula is C32H28FN3O4. The van der Waals surface area contributed by atoms with Crippen LogP contribution in [0.3, 0.4) is 0 Å². The van der Waals surface area contributed by atoms with Gasteiger partial charge in [0.2, 0.25) is 11.8 Å². The lowest BCUT2D eigenvalue weighted by Gasteiger charge is -2.24. The average Bonchev–Trinajstić information content (AvgIpc) is 3.29. The Bertz CT molecular complexity index is 1460. The minimum Gasteiger partial charge on any atom is -0.438 e. The molecule has 0 aromatic heterocycles. The van der Waals surface area contributed by atoms with Gasteiger partial charge in [-0.05, 0) is 46.5 Å². The number of carbonyl (C=O) groups excluding carboxylic acids is 3. The molecule has 1 aliphatic heterocycles. The van der Waals surface area contributed by atoms with Gasteiger partial charge in [-0.15, -0.1) is 0 Å². The van der Waals surface area contributed by atoms with E-state index in [1.165, 1.54) is 17.0 Å². The number of rotatable bonds is 9. The monoisotopic (exact) mass is 537 g/mol. The number of hydrogen-bond acceptors (Lipinski definition) is 4. The van der Waals surface area contributed by atoms with E-state index in [-0.39, 0.29) is 31.2 Å². The number of nitrogens with zero attached hydrogens (tertiary/aromatic N) is 1. The van der Waals surface area contributed by atoms with Gasteiger partial charge in [0.05, 0.1) is 13.0 Å². The molecule has 0 unspecified atom stereocenters. The molecule has 0 radical (unpaired) electrons. The second-order valence-electron chi connectivity index (χ2n) is 9.54. The van der Waals surface area contributed by atoms with Gasteiger partial charge in [-0.1, -0.05) is 84.9 Å². The fourth-order valence-electron chi connectivity index (χ4n) is 4.63. The normalized spacial score (nSPS) is 16.3. The summed E-state index contributed by atoms with van der Waals surface area (Å²) in [7, 11) is 0. The van der Waals surface area contributed by atoms with Crippen LogP contribution in [0.4, 0.5) is 14.9 Å². The minimum absolute atomic E-state index is 0.154. The predicted octanol–water partition coefficient (Wildman–Crippen LogP) is 5.39. The maximum atomic E-state index is 13.5. The first-order valence-electron chi connectivity index (χ1n) is 12.9. The van der Waals surface area contributed by atoms with Crippen molar-refractivity contribution in [2.24, 2.45) is 0 Å². The number of hydrogen-bond donors (Lipinski definition) is 2. The van der Waals surface area contributed by atoms with Gasteiger partial charge in [-0.25, -0.2) is 9.18 Å². The molecular weight excluding hydrogens is 509 g/mol. The number of benzene rings is 4.